The fourth-order valence-electron chi connectivity index (χ4n) is 4.77. The summed E-state index contributed by atoms with van der Waals surface area (Å²) in [6, 6.07) is 4.93. The highest BCUT2D eigenvalue weighted by atomic mass is 19.4. The average molecular weight is 493 g/mol. The molecule has 3 aliphatic rings. The molecule has 1 saturated heterocycles. The number of benzene rings is 1. The molecule has 2 heterocycles. The summed E-state index contributed by atoms with van der Waals surface area (Å²) in [4.78, 5) is 17.9. The van der Waals surface area contributed by atoms with Gasteiger partial charge >= 0.3 is 12.1 Å². The Balaban J connectivity index is 1.18. The number of hydrogen-bond acceptors (Lipinski definition) is 4. The van der Waals surface area contributed by atoms with E-state index >= 15 is 0 Å². The van der Waals surface area contributed by atoms with E-state index in [1.165, 1.54) is 18.2 Å². The summed E-state index contributed by atoms with van der Waals surface area (Å²) < 4.78 is 60.2. The summed E-state index contributed by atoms with van der Waals surface area (Å²) in [6.07, 6.45) is 0.894. The first-order valence-corrected chi connectivity index (χ1v) is 12.2. The van der Waals surface area contributed by atoms with Crippen LogP contribution in [-0.2, 0) is 12.7 Å². The van der Waals surface area contributed by atoms with E-state index in [0.29, 0.717) is 43.4 Å². The molecule has 0 atom stereocenters. The number of carboxylic acid groups (broad SMARTS) is 1. The van der Waals surface area contributed by atoms with Crippen LogP contribution in [0.25, 0.3) is 0 Å². The highest BCUT2D eigenvalue weighted by Gasteiger charge is 2.35. The number of hydrogen-bond donors (Lipinski definition) is 1. The average Bonchev–Trinajstić information content (AvgIpc) is 3.70. The van der Waals surface area contributed by atoms with Crippen molar-refractivity contribution in [2.24, 2.45) is 5.92 Å². The molecule has 2 saturated carbocycles. The molecule has 2 aliphatic carbocycles. The first kappa shape index (κ1) is 24.0. The van der Waals surface area contributed by atoms with Crippen LogP contribution in [0.1, 0.15) is 83.2 Å². The van der Waals surface area contributed by atoms with Crippen molar-refractivity contribution < 1.29 is 32.2 Å². The second-order valence-electron chi connectivity index (χ2n) is 10.0. The zero-order chi connectivity index (χ0) is 24.7. The van der Waals surface area contributed by atoms with Gasteiger partial charge < -0.3 is 9.84 Å². The normalized spacial score (nSPS) is 19.7. The third kappa shape index (κ3) is 5.77. The molecule has 0 amide bonds. The van der Waals surface area contributed by atoms with E-state index in [0.717, 1.165) is 50.2 Å². The van der Waals surface area contributed by atoms with Crippen LogP contribution in [0.4, 0.5) is 17.6 Å². The molecule has 0 unspecified atom stereocenters. The molecule has 0 spiro atoms. The summed E-state index contributed by atoms with van der Waals surface area (Å²) in [5.41, 5.74) is 0.800. The van der Waals surface area contributed by atoms with Gasteiger partial charge in [0.2, 0.25) is 0 Å². The van der Waals surface area contributed by atoms with E-state index in [1.807, 2.05) is 0 Å². The van der Waals surface area contributed by atoms with Crippen molar-refractivity contribution in [2.75, 3.05) is 19.7 Å². The van der Waals surface area contributed by atoms with Gasteiger partial charge in [0.25, 0.3) is 0 Å². The number of pyridine rings is 1. The van der Waals surface area contributed by atoms with Crippen molar-refractivity contribution in [3.63, 3.8) is 0 Å². The number of halogens is 4. The molecular formula is C26H28F4N2O3. The summed E-state index contributed by atoms with van der Waals surface area (Å²) in [5.74, 6) is -1.08. The number of alkyl halides is 3. The number of aromatic carboxylic acids is 1. The SMILES string of the molecule is O=C(O)c1cc(C2CC2)c(OCC2CCN(Cc3cc(C(F)(F)F)cc(C4CC4)n3)CC2)cc1F. The standard InChI is InChI=1S/C26H28F4N2O3/c27-22-12-24(20(16-1-2-16)11-21(22)25(33)34)35-14-15-5-7-32(8-6-15)13-19-9-18(26(28,29)30)10-23(31-19)17-3-4-17/h9-12,15-17H,1-8,13-14H2,(H,33,34). The lowest BCUT2D eigenvalue weighted by atomic mass is 9.97. The molecule has 1 aliphatic heterocycles. The van der Waals surface area contributed by atoms with Crippen LogP contribution >= 0.6 is 0 Å². The predicted molar refractivity (Wildman–Crippen MR) is 120 cm³/mol. The summed E-state index contributed by atoms with van der Waals surface area (Å²) in [7, 11) is 0. The van der Waals surface area contributed by atoms with Gasteiger partial charge in [-0.1, -0.05) is 0 Å². The molecule has 5 rings (SSSR count). The van der Waals surface area contributed by atoms with E-state index in [2.05, 4.69) is 9.88 Å². The number of carbonyl (C=O) groups is 1. The van der Waals surface area contributed by atoms with E-state index in [-0.39, 0.29) is 23.3 Å². The molecular weight excluding hydrogens is 464 g/mol. The van der Waals surface area contributed by atoms with Crippen LogP contribution in [0, 0.1) is 11.7 Å². The van der Waals surface area contributed by atoms with Crippen LogP contribution in [0.3, 0.4) is 0 Å². The lowest BCUT2D eigenvalue weighted by Gasteiger charge is -2.32. The minimum Gasteiger partial charge on any atom is -0.493 e. The quantitative estimate of drug-likeness (QED) is 0.459. The Morgan fingerprint density at radius 3 is 2.31 bits per heavy atom. The second-order valence-corrected chi connectivity index (χ2v) is 10.0. The first-order chi connectivity index (χ1) is 16.7. The third-order valence-corrected chi connectivity index (χ3v) is 7.14. The fraction of sp³-hybridized carbons (Fsp3) is 0.538. The minimum atomic E-state index is -4.38. The van der Waals surface area contributed by atoms with E-state index in [1.54, 1.807) is 0 Å². The van der Waals surface area contributed by atoms with Gasteiger partial charge in [-0.15, -0.1) is 0 Å². The third-order valence-electron chi connectivity index (χ3n) is 7.14. The van der Waals surface area contributed by atoms with Gasteiger partial charge in [-0.25, -0.2) is 9.18 Å². The largest absolute Gasteiger partial charge is 0.493 e. The van der Waals surface area contributed by atoms with E-state index < -0.39 is 23.5 Å². The minimum absolute atomic E-state index is 0.147. The van der Waals surface area contributed by atoms with Crippen molar-refractivity contribution >= 4 is 5.97 Å². The molecule has 35 heavy (non-hydrogen) atoms. The Kier molecular flexibility index (Phi) is 6.46. The lowest BCUT2D eigenvalue weighted by Crippen LogP contribution is -2.35. The maximum absolute atomic E-state index is 14.2. The predicted octanol–water partition coefficient (Wildman–Crippen LogP) is 5.98. The van der Waals surface area contributed by atoms with E-state index in [4.69, 9.17) is 4.74 Å². The summed E-state index contributed by atoms with van der Waals surface area (Å²) in [5, 5.41) is 9.20. The fourth-order valence-corrected chi connectivity index (χ4v) is 4.77. The number of aromatic nitrogens is 1. The number of nitrogens with zero attached hydrogens (tertiary/aromatic N) is 2. The maximum atomic E-state index is 14.2. The highest BCUT2D eigenvalue weighted by Crippen LogP contribution is 2.45. The molecule has 5 nitrogen and oxygen atoms in total. The van der Waals surface area contributed by atoms with Gasteiger partial charge in [0, 0.05) is 24.2 Å². The highest BCUT2D eigenvalue weighted by molar-refractivity contribution is 5.88. The van der Waals surface area contributed by atoms with Gasteiger partial charge in [-0.3, -0.25) is 9.88 Å². The second kappa shape index (κ2) is 9.41. The molecule has 2 aromatic rings. The van der Waals surface area contributed by atoms with Gasteiger partial charge in [0.05, 0.1) is 23.4 Å². The number of piperidine rings is 1. The van der Waals surface area contributed by atoms with Gasteiger partial charge in [0.15, 0.2) is 0 Å². The van der Waals surface area contributed by atoms with Crippen molar-refractivity contribution in [3.8, 4) is 5.75 Å². The number of ether oxygens (including phenoxy) is 1. The summed E-state index contributed by atoms with van der Waals surface area (Å²) in [6.45, 7) is 2.21. The number of carboxylic acids is 1. The molecule has 188 valence electrons. The Bertz CT molecular complexity index is 1100. The maximum Gasteiger partial charge on any atom is 0.416 e. The lowest BCUT2D eigenvalue weighted by molar-refractivity contribution is -0.137. The molecule has 0 bridgehead atoms. The van der Waals surface area contributed by atoms with Gasteiger partial charge in [-0.2, -0.15) is 13.2 Å². The van der Waals surface area contributed by atoms with Crippen LogP contribution in [-0.4, -0.2) is 40.7 Å². The zero-order valence-electron chi connectivity index (χ0n) is 19.3. The molecule has 0 radical (unpaired) electrons. The van der Waals surface area contributed by atoms with Crippen molar-refractivity contribution in [3.05, 3.63) is 58.2 Å². The van der Waals surface area contributed by atoms with Crippen LogP contribution in [0.2, 0.25) is 0 Å². The van der Waals surface area contributed by atoms with Crippen LogP contribution < -0.4 is 4.74 Å². The molecule has 3 fully saturated rings. The molecule has 9 heteroatoms. The first-order valence-electron chi connectivity index (χ1n) is 12.2. The van der Waals surface area contributed by atoms with Crippen LogP contribution in [0.15, 0.2) is 24.3 Å². The van der Waals surface area contributed by atoms with Gasteiger partial charge in [0.1, 0.15) is 11.6 Å². The number of likely N-dealkylation sites (tertiary alicyclic amines) is 1. The molecule has 1 N–H and O–H groups in total. The Hall–Kier alpha value is -2.68. The van der Waals surface area contributed by atoms with E-state index in [9.17, 15) is 27.5 Å². The van der Waals surface area contributed by atoms with Crippen LogP contribution in [0.5, 0.6) is 5.75 Å². The Labute approximate surface area is 201 Å². The van der Waals surface area contributed by atoms with Gasteiger partial charge in [-0.05, 0) is 87.2 Å². The van der Waals surface area contributed by atoms with Crippen molar-refractivity contribution in [1.29, 1.82) is 0 Å². The van der Waals surface area contributed by atoms with Crippen molar-refractivity contribution in [2.45, 2.75) is 63.1 Å². The molecule has 1 aromatic heterocycles. The Morgan fingerprint density at radius 2 is 1.71 bits per heavy atom. The monoisotopic (exact) mass is 492 g/mol. The number of rotatable bonds is 8. The molecule has 1 aromatic carbocycles. The summed E-state index contributed by atoms with van der Waals surface area (Å²) >= 11 is 0. The van der Waals surface area contributed by atoms with Crippen molar-refractivity contribution in [1.82, 2.24) is 9.88 Å². The smallest absolute Gasteiger partial charge is 0.416 e. The zero-order valence-corrected chi connectivity index (χ0v) is 19.3. The topological polar surface area (TPSA) is 62.7 Å². The Morgan fingerprint density at radius 1 is 1.03 bits per heavy atom.